The lowest BCUT2D eigenvalue weighted by atomic mass is 9.80. The second-order valence-corrected chi connectivity index (χ2v) is 5.28. The molecule has 1 aromatic carbocycles. The number of unbranched alkanes of at least 4 members (excludes halogenated alkanes) is 1. The maximum Gasteiger partial charge on any atom is 0.488 e. The van der Waals surface area contributed by atoms with Crippen molar-refractivity contribution in [1.29, 1.82) is 0 Å². The van der Waals surface area contributed by atoms with Gasteiger partial charge in [0.15, 0.2) is 0 Å². The van der Waals surface area contributed by atoms with Gasteiger partial charge in [0.2, 0.25) is 0 Å². The highest BCUT2D eigenvalue weighted by Gasteiger charge is 2.10. The van der Waals surface area contributed by atoms with Crippen LogP contribution < -0.4 is 10.2 Å². The van der Waals surface area contributed by atoms with Crippen molar-refractivity contribution in [2.45, 2.75) is 39.5 Å². The summed E-state index contributed by atoms with van der Waals surface area (Å²) in [5, 5.41) is 18.0. The number of ether oxygens (including phenoxy) is 2. The molecule has 0 heterocycles. The van der Waals surface area contributed by atoms with E-state index in [0.717, 1.165) is 13.0 Å². The fraction of sp³-hybridized carbons (Fsp3) is 0.625. The summed E-state index contributed by atoms with van der Waals surface area (Å²) in [5.41, 5.74) is 0.459. The number of rotatable bonds is 11. The summed E-state index contributed by atoms with van der Waals surface area (Å²) in [7, 11) is -1.43. The molecule has 1 unspecified atom stereocenters. The van der Waals surface area contributed by atoms with Crippen LogP contribution in [0, 0.1) is 5.92 Å². The Morgan fingerprint density at radius 2 is 1.81 bits per heavy atom. The van der Waals surface area contributed by atoms with Crippen molar-refractivity contribution < 1.29 is 19.5 Å². The molecule has 0 fully saturated rings. The summed E-state index contributed by atoms with van der Waals surface area (Å²) >= 11 is 0. The highest BCUT2D eigenvalue weighted by molar-refractivity contribution is 6.58. The van der Waals surface area contributed by atoms with Gasteiger partial charge in [-0.05, 0) is 29.9 Å². The summed E-state index contributed by atoms with van der Waals surface area (Å²) in [5.74, 6) is 1.36. The topological polar surface area (TPSA) is 58.9 Å². The molecule has 0 amide bonds. The van der Waals surface area contributed by atoms with Gasteiger partial charge in [0, 0.05) is 6.61 Å². The molecule has 118 valence electrons. The molecule has 5 heteroatoms. The van der Waals surface area contributed by atoms with Crippen molar-refractivity contribution >= 4 is 12.6 Å². The fourth-order valence-electron chi connectivity index (χ4n) is 2.10. The largest absolute Gasteiger partial charge is 0.491 e. The van der Waals surface area contributed by atoms with Gasteiger partial charge in [-0.2, -0.15) is 0 Å². The lowest BCUT2D eigenvalue weighted by molar-refractivity contribution is 0.0699. The third kappa shape index (κ3) is 7.51. The minimum atomic E-state index is -1.43. The fourth-order valence-corrected chi connectivity index (χ4v) is 2.10. The lowest BCUT2D eigenvalue weighted by Gasteiger charge is -2.15. The van der Waals surface area contributed by atoms with Crippen molar-refractivity contribution in [1.82, 2.24) is 0 Å². The molecule has 1 atom stereocenters. The highest BCUT2D eigenvalue weighted by atomic mass is 16.5. The molecule has 21 heavy (non-hydrogen) atoms. The van der Waals surface area contributed by atoms with Gasteiger partial charge in [0.05, 0.1) is 6.61 Å². The van der Waals surface area contributed by atoms with E-state index >= 15 is 0 Å². The van der Waals surface area contributed by atoms with E-state index in [1.807, 2.05) is 0 Å². The van der Waals surface area contributed by atoms with Crippen LogP contribution in [0.1, 0.15) is 39.5 Å². The van der Waals surface area contributed by atoms with Crippen molar-refractivity contribution in [3.63, 3.8) is 0 Å². The Bertz CT molecular complexity index is 367. The van der Waals surface area contributed by atoms with Gasteiger partial charge in [-0.25, -0.2) is 0 Å². The van der Waals surface area contributed by atoms with Gasteiger partial charge in [0.25, 0.3) is 0 Å². The third-order valence-corrected chi connectivity index (χ3v) is 3.57. The summed E-state index contributed by atoms with van der Waals surface area (Å²) < 4.78 is 11.2. The first-order valence-electron chi connectivity index (χ1n) is 7.84. The Kier molecular flexibility index (Phi) is 9.14. The van der Waals surface area contributed by atoms with Gasteiger partial charge in [-0.15, -0.1) is 0 Å². The van der Waals surface area contributed by atoms with Crippen LogP contribution in [-0.4, -0.2) is 37.0 Å². The molecule has 0 bridgehead atoms. The second-order valence-electron chi connectivity index (χ2n) is 5.28. The first kappa shape index (κ1) is 18.0. The van der Waals surface area contributed by atoms with Crippen LogP contribution in [0.3, 0.4) is 0 Å². The molecule has 1 rings (SSSR count). The van der Waals surface area contributed by atoms with E-state index in [-0.39, 0.29) is 0 Å². The van der Waals surface area contributed by atoms with Crippen LogP contribution in [0.5, 0.6) is 5.75 Å². The van der Waals surface area contributed by atoms with Crippen LogP contribution in [0.4, 0.5) is 0 Å². The molecule has 4 nitrogen and oxygen atoms in total. The van der Waals surface area contributed by atoms with E-state index < -0.39 is 7.12 Å². The van der Waals surface area contributed by atoms with Gasteiger partial charge in [0.1, 0.15) is 12.4 Å². The first-order valence-corrected chi connectivity index (χ1v) is 7.84. The average molecular weight is 294 g/mol. The summed E-state index contributed by atoms with van der Waals surface area (Å²) in [4.78, 5) is 0. The molecule has 0 radical (unpaired) electrons. The smallest absolute Gasteiger partial charge is 0.488 e. The Hall–Kier alpha value is -1.04. The van der Waals surface area contributed by atoms with Crippen molar-refractivity contribution in [3.05, 3.63) is 24.3 Å². The van der Waals surface area contributed by atoms with Gasteiger partial charge in [-0.1, -0.05) is 45.2 Å². The third-order valence-electron chi connectivity index (χ3n) is 3.57. The van der Waals surface area contributed by atoms with Crippen LogP contribution in [0.2, 0.25) is 0 Å². The Balaban J connectivity index is 2.15. The van der Waals surface area contributed by atoms with E-state index in [1.165, 1.54) is 19.3 Å². The molecule has 0 aliphatic carbocycles. The lowest BCUT2D eigenvalue weighted by Crippen LogP contribution is -2.29. The zero-order valence-electron chi connectivity index (χ0n) is 13.1. The van der Waals surface area contributed by atoms with E-state index in [0.29, 0.717) is 30.3 Å². The van der Waals surface area contributed by atoms with Crippen LogP contribution in [0.15, 0.2) is 24.3 Å². The predicted molar refractivity (Wildman–Crippen MR) is 85.9 cm³/mol. The zero-order chi connectivity index (χ0) is 15.5. The molecule has 0 saturated heterocycles. The van der Waals surface area contributed by atoms with Crippen LogP contribution in [-0.2, 0) is 4.74 Å². The molecular weight excluding hydrogens is 267 g/mol. The van der Waals surface area contributed by atoms with Gasteiger partial charge in [-0.3, -0.25) is 0 Å². The van der Waals surface area contributed by atoms with E-state index in [9.17, 15) is 0 Å². The number of hydrogen-bond donors (Lipinski definition) is 2. The molecule has 0 spiro atoms. The zero-order valence-corrected chi connectivity index (χ0v) is 13.1. The summed E-state index contributed by atoms with van der Waals surface area (Å²) in [6.45, 7) is 6.30. The molecule has 0 aliphatic heterocycles. The maximum absolute atomic E-state index is 8.99. The second kappa shape index (κ2) is 10.7. The molecule has 0 aliphatic rings. The van der Waals surface area contributed by atoms with Crippen molar-refractivity contribution in [2.24, 2.45) is 5.92 Å². The standard InChI is InChI=1S/C16H27BO4/c1-3-5-6-14(4-2)13-20-11-12-21-16-9-7-15(8-10-16)17(18)19/h7-10,14,18-19H,3-6,11-13H2,1-2H3. The van der Waals surface area contributed by atoms with Crippen LogP contribution >= 0.6 is 0 Å². The molecule has 1 aromatic rings. The monoisotopic (exact) mass is 294 g/mol. The van der Waals surface area contributed by atoms with Crippen molar-refractivity contribution in [3.8, 4) is 5.75 Å². The van der Waals surface area contributed by atoms with Crippen LogP contribution in [0.25, 0.3) is 0 Å². The Morgan fingerprint density at radius 3 is 2.38 bits per heavy atom. The first-order chi connectivity index (χ1) is 10.2. The maximum atomic E-state index is 8.99. The highest BCUT2D eigenvalue weighted by Crippen LogP contribution is 2.13. The number of benzene rings is 1. The summed E-state index contributed by atoms with van der Waals surface area (Å²) in [6.07, 6.45) is 4.89. The normalized spacial score (nSPS) is 12.2. The van der Waals surface area contributed by atoms with Gasteiger partial charge < -0.3 is 19.5 Å². The summed E-state index contributed by atoms with van der Waals surface area (Å²) in [6, 6.07) is 6.73. The van der Waals surface area contributed by atoms with E-state index in [4.69, 9.17) is 19.5 Å². The molecular formula is C16H27BO4. The van der Waals surface area contributed by atoms with E-state index in [2.05, 4.69) is 13.8 Å². The molecule has 2 N–H and O–H groups in total. The minimum absolute atomic E-state index is 0.459. The minimum Gasteiger partial charge on any atom is -0.491 e. The average Bonchev–Trinajstić information content (AvgIpc) is 2.50. The predicted octanol–water partition coefficient (Wildman–Crippen LogP) is 1.98. The van der Waals surface area contributed by atoms with E-state index in [1.54, 1.807) is 24.3 Å². The number of hydrogen-bond acceptors (Lipinski definition) is 4. The Labute approximate surface area is 128 Å². The Morgan fingerprint density at radius 1 is 1.10 bits per heavy atom. The molecule has 0 aromatic heterocycles. The molecule has 0 saturated carbocycles. The van der Waals surface area contributed by atoms with Crippen molar-refractivity contribution in [2.75, 3.05) is 19.8 Å². The quantitative estimate of drug-likeness (QED) is 0.484. The van der Waals surface area contributed by atoms with Gasteiger partial charge >= 0.3 is 7.12 Å². The SMILES string of the molecule is CCCCC(CC)COCCOc1ccc(B(O)O)cc1.